The van der Waals surface area contributed by atoms with Crippen LogP contribution in [0.4, 0.5) is 5.69 Å². The van der Waals surface area contributed by atoms with E-state index in [0.29, 0.717) is 29.6 Å². The van der Waals surface area contributed by atoms with Crippen LogP contribution in [0.1, 0.15) is 37.2 Å². The van der Waals surface area contributed by atoms with Gasteiger partial charge in [-0.25, -0.2) is 4.98 Å². The van der Waals surface area contributed by atoms with E-state index in [4.69, 9.17) is 21.1 Å². The minimum absolute atomic E-state index is 0.168. The molecule has 3 aromatic rings. The van der Waals surface area contributed by atoms with E-state index in [1.165, 1.54) is 19.4 Å². The number of likely N-dealkylation sites (tertiary alicyclic amines) is 1. The van der Waals surface area contributed by atoms with Gasteiger partial charge in [0.25, 0.3) is 5.91 Å². The number of hydrogen-bond acceptors (Lipinski definition) is 5. The minimum atomic E-state index is -0.168. The Balaban J connectivity index is 0.00000130. The van der Waals surface area contributed by atoms with Crippen LogP contribution < -0.4 is 14.4 Å². The van der Waals surface area contributed by atoms with Crippen molar-refractivity contribution in [1.29, 1.82) is 0 Å². The number of benzene rings is 2. The fourth-order valence-corrected chi connectivity index (χ4v) is 4.67. The highest BCUT2D eigenvalue weighted by Crippen LogP contribution is 2.33. The Morgan fingerprint density at radius 1 is 1.03 bits per heavy atom. The number of ether oxygens (including phenoxy) is 2. The summed E-state index contributed by atoms with van der Waals surface area (Å²) in [6.45, 7) is 8.06. The van der Waals surface area contributed by atoms with Crippen molar-refractivity contribution in [3.63, 3.8) is 0 Å². The molecule has 3 heterocycles. The van der Waals surface area contributed by atoms with Crippen LogP contribution in [0.25, 0.3) is 11.1 Å². The van der Waals surface area contributed by atoms with E-state index in [1.807, 2.05) is 68.4 Å². The van der Waals surface area contributed by atoms with Crippen molar-refractivity contribution in [2.24, 2.45) is 5.92 Å². The van der Waals surface area contributed by atoms with Crippen molar-refractivity contribution in [3.8, 4) is 22.6 Å². The number of carbonyl (C=O) groups is 1. The molecule has 0 unspecified atom stereocenters. The molecular weight excluding hydrogens is 474 g/mol. The van der Waals surface area contributed by atoms with Gasteiger partial charge < -0.3 is 14.4 Å². The zero-order valence-electron chi connectivity index (χ0n) is 20.8. The highest BCUT2D eigenvalue weighted by molar-refractivity contribution is 6.30. The zero-order chi connectivity index (χ0) is 25.1. The van der Waals surface area contributed by atoms with Crippen molar-refractivity contribution < 1.29 is 14.3 Å². The van der Waals surface area contributed by atoms with E-state index in [-0.39, 0.29) is 12.0 Å². The van der Waals surface area contributed by atoms with Gasteiger partial charge in [0.2, 0.25) is 0 Å². The number of hydrogen-bond donors (Lipinski definition) is 0. The van der Waals surface area contributed by atoms with Crippen molar-refractivity contribution in [3.05, 3.63) is 71.5 Å². The average molecular weight is 506 g/mol. The van der Waals surface area contributed by atoms with Gasteiger partial charge in [0, 0.05) is 42.1 Å². The lowest BCUT2D eigenvalue weighted by molar-refractivity contribution is 0.0172. The SMILES string of the molecule is CC.O=C1c2ncc(-c3ccc(Cl)cc3)cc2OCCN1c1ccc(OC2CN(CC3CC3)C2)cc1. The maximum Gasteiger partial charge on any atom is 0.280 e. The first-order valence-electron chi connectivity index (χ1n) is 12.8. The first-order chi connectivity index (χ1) is 17.6. The molecule has 36 heavy (non-hydrogen) atoms. The lowest BCUT2D eigenvalue weighted by Gasteiger charge is -2.39. The Morgan fingerprint density at radius 3 is 2.44 bits per heavy atom. The molecule has 1 aromatic heterocycles. The molecule has 2 aliphatic heterocycles. The smallest absolute Gasteiger partial charge is 0.280 e. The molecular formula is C29H32ClN3O3. The second kappa shape index (κ2) is 10.9. The summed E-state index contributed by atoms with van der Waals surface area (Å²) in [6, 6.07) is 17.1. The van der Waals surface area contributed by atoms with Gasteiger partial charge in [-0.05, 0) is 66.8 Å². The number of rotatable bonds is 6. The first-order valence-corrected chi connectivity index (χ1v) is 13.2. The topological polar surface area (TPSA) is 54.9 Å². The summed E-state index contributed by atoms with van der Waals surface area (Å²) in [5.41, 5.74) is 2.97. The summed E-state index contributed by atoms with van der Waals surface area (Å²) in [6.07, 6.45) is 4.72. The first kappa shape index (κ1) is 24.6. The predicted octanol–water partition coefficient (Wildman–Crippen LogP) is 5.94. The molecule has 1 saturated heterocycles. The van der Waals surface area contributed by atoms with Crippen LogP contribution in [0, 0.1) is 5.92 Å². The van der Waals surface area contributed by atoms with Gasteiger partial charge in [0.1, 0.15) is 18.5 Å². The number of pyridine rings is 1. The Labute approximate surface area is 217 Å². The third-order valence-electron chi connectivity index (χ3n) is 6.64. The molecule has 2 fully saturated rings. The summed E-state index contributed by atoms with van der Waals surface area (Å²) in [5.74, 6) is 2.09. The molecule has 3 aliphatic rings. The molecule has 6 rings (SSSR count). The van der Waals surface area contributed by atoms with Gasteiger partial charge in [-0.2, -0.15) is 0 Å². The Hall–Kier alpha value is -3.09. The molecule has 0 bridgehead atoms. The maximum absolute atomic E-state index is 13.3. The molecule has 188 valence electrons. The monoisotopic (exact) mass is 505 g/mol. The van der Waals surface area contributed by atoms with Crippen LogP contribution in [0.2, 0.25) is 5.02 Å². The Kier molecular flexibility index (Phi) is 7.44. The number of anilines is 1. The predicted molar refractivity (Wildman–Crippen MR) is 143 cm³/mol. The van der Waals surface area contributed by atoms with Crippen LogP contribution >= 0.6 is 11.6 Å². The number of aromatic nitrogens is 1. The van der Waals surface area contributed by atoms with Crippen molar-refractivity contribution in [2.45, 2.75) is 32.8 Å². The second-order valence-electron chi connectivity index (χ2n) is 9.28. The zero-order valence-corrected chi connectivity index (χ0v) is 21.6. The standard InChI is InChI=1S/C27H26ClN3O3.C2H6/c28-21-5-3-19(4-6-21)20-13-25-26(29-14-20)27(32)31(11-12-33-25)22-7-9-23(10-8-22)34-24-16-30(17-24)15-18-1-2-18;1-2/h3-10,13-14,18,24H,1-2,11-12,15-17H2;1-2H3. The Morgan fingerprint density at radius 2 is 1.75 bits per heavy atom. The number of fused-ring (bicyclic) bond motifs is 1. The molecule has 1 saturated carbocycles. The van der Waals surface area contributed by atoms with Crippen LogP contribution in [-0.2, 0) is 0 Å². The molecule has 0 radical (unpaired) electrons. The number of halogens is 1. The van der Waals surface area contributed by atoms with Gasteiger partial charge in [0.05, 0.1) is 6.54 Å². The van der Waals surface area contributed by atoms with E-state index in [1.54, 1.807) is 11.1 Å². The van der Waals surface area contributed by atoms with Gasteiger partial charge in [0.15, 0.2) is 11.4 Å². The van der Waals surface area contributed by atoms with Crippen LogP contribution in [-0.4, -0.2) is 54.7 Å². The van der Waals surface area contributed by atoms with E-state index in [9.17, 15) is 4.79 Å². The summed E-state index contributed by atoms with van der Waals surface area (Å²) in [4.78, 5) is 22.0. The molecule has 1 amide bonds. The third kappa shape index (κ3) is 5.50. The van der Waals surface area contributed by atoms with Gasteiger partial charge in [-0.3, -0.25) is 9.69 Å². The van der Waals surface area contributed by atoms with Crippen LogP contribution in [0.5, 0.6) is 11.5 Å². The molecule has 6 nitrogen and oxygen atoms in total. The van der Waals surface area contributed by atoms with Gasteiger partial charge >= 0.3 is 0 Å². The van der Waals surface area contributed by atoms with Gasteiger partial charge in [-0.1, -0.05) is 37.6 Å². The minimum Gasteiger partial charge on any atom is -0.489 e. The third-order valence-corrected chi connectivity index (χ3v) is 6.89. The molecule has 2 aromatic carbocycles. The molecule has 0 N–H and O–H groups in total. The number of nitrogens with zero attached hydrogens (tertiary/aromatic N) is 3. The number of carbonyl (C=O) groups excluding carboxylic acids is 1. The summed E-state index contributed by atoms with van der Waals surface area (Å²) < 4.78 is 12.0. The lowest BCUT2D eigenvalue weighted by Crippen LogP contribution is -2.54. The molecule has 0 spiro atoms. The van der Waals surface area contributed by atoms with E-state index < -0.39 is 0 Å². The van der Waals surface area contributed by atoms with Crippen LogP contribution in [0.15, 0.2) is 60.8 Å². The van der Waals surface area contributed by atoms with Crippen molar-refractivity contribution in [1.82, 2.24) is 9.88 Å². The van der Waals surface area contributed by atoms with E-state index in [0.717, 1.165) is 41.6 Å². The molecule has 7 heteroatoms. The normalized spacial score (nSPS) is 17.8. The lowest BCUT2D eigenvalue weighted by atomic mass is 10.1. The fraction of sp³-hybridized carbons (Fsp3) is 0.379. The summed E-state index contributed by atoms with van der Waals surface area (Å²) in [5, 5.41) is 0.674. The molecule has 0 atom stereocenters. The van der Waals surface area contributed by atoms with Crippen molar-refractivity contribution >= 4 is 23.2 Å². The Bertz CT molecular complexity index is 1190. The van der Waals surface area contributed by atoms with Gasteiger partial charge in [-0.15, -0.1) is 0 Å². The quantitative estimate of drug-likeness (QED) is 0.415. The fourth-order valence-electron chi connectivity index (χ4n) is 4.55. The average Bonchev–Trinajstić information content (AvgIpc) is 3.72. The maximum atomic E-state index is 13.3. The second-order valence-corrected chi connectivity index (χ2v) is 9.71. The van der Waals surface area contributed by atoms with E-state index in [2.05, 4.69) is 9.88 Å². The van der Waals surface area contributed by atoms with Crippen LogP contribution in [0.3, 0.4) is 0 Å². The molecule has 1 aliphatic carbocycles. The largest absolute Gasteiger partial charge is 0.489 e. The van der Waals surface area contributed by atoms with E-state index >= 15 is 0 Å². The number of amides is 1. The summed E-state index contributed by atoms with van der Waals surface area (Å²) in [7, 11) is 0. The van der Waals surface area contributed by atoms with Crippen molar-refractivity contribution in [2.75, 3.05) is 37.7 Å². The summed E-state index contributed by atoms with van der Waals surface area (Å²) >= 11 is 6.00. The highest BCUT2D eigenvalue weighted by Gasteiger charge is 2.33. The highest BCUT2D eigenvalue weighted by atomic mass is 35.5.